The minimum Gasteiger partial charge on any atom is -0.368 e. The second-order valence-electron chi connectivity index (χ2n) is 6.31. The van der Waals surface area contributed by atoms with Crippen LogP contribution in [0.4, 0.5) is 5.69 Å². The summed E-state index contributed by atoms with van der Waals surface area (Å²) in [4.78, 5) is 12.0. The van der Waals surface area contributed by atoms with Crippen molar-refractivity contribution in [2.45, 2.75) is 32.2 Å². The Morgan fingerprint density at radius 3 is 2.48 bits per heavy atom. The van der Waals surface area contributed by atoms with E-state index >= 15 is 0 Å². The molecule has 116 valence electrons. The minimum atomic E-state index is 0.814. The molecule has 0 atom stereocenters. The quantitative estimate of drug-likeness (QED) is 0.846. The van der Waals surface area contributed by atoms with E-state index in [2.05, 4.69) is 32.7 Å². The third-order valence-corrected chi connectivity index (χ3v) is 4.94. The lowest BCUT2D eigenvalue weighted by Crippen LogP contribution is -2.53. The zero-order valence-electron chi connectivity index (χ0n) is 13.2. The Bertz CT molecular complexity index is 406. The predicted octanol–water partition coefficient (Wildman–Crippen LogP) is 2.08. The highest BCUT2D eigenvalue weighted by atomic mass is 15.3. The van der Waals surface area contributed by atoms with Gasteiger partial charge in [0.2, 0.25) is 0 Å². The van der Waals surface area contributed by atoms with Crippen LogP contribution in [0.5, 0.6) is 0 Å². The van der Waals surface area contributed by atoms with Gasteiger partial charge < -0.3 is 9.80 Å². The van der Waals surface area contributed by atoms with E-state index < -0.39 is 0 Å². The first-order chi connectivity index (χ1) is 10.4. The van der Waals surface area contributed by atoms with Crippen LogP contribution in [0.3, 0.4) is 0 Å². The number of piperidine rings is 1. The number of rotatable bonds is 4. The maximum Gasteiger partial charge on any atom is 0.0553 e. The average Bonchev–Trinajstić information content (AvgIpc) is 2.57. The first-order valence-corrected chi connectivity index (χ1v) is 8.48. The molecule has 3 rings (SSSR count). The van der Waals surface area contributed by atoms with Crippen LogP contribution in [0.2, 0.25) is 0 Å². The van der Waals surface area contributed by atoms with Gasteiger partial charge in [0.1, 0.15) is 0 Å². The fraction of sp³-hybridized carbons (Fsp3) is 0.706. The second kappa shape index (κ2) is 7.23. The molecule has 1 aromatic heterocycles. The molecule has 0 bridgehead atoms. The van der Waals surface area contributed by atoms with Gasteiger partial charge in [0.05, 0.1) is 11.9 Å². The lowest BCUT2D eigenvalue weighted by molar-refractivity contribution is 0.103. The van der Waals surface area contributed by atoms with E-state index in [0.717, 1.165) is 19.1 Å². The van der Waals surface area contributed by atoms with E-state index in [9.17, 15) is 0 Å². The topological polar surface area (TPSA) is 22.6 Å². The standard InChI is InChI=1S/C17H28N4/c1-2-8-19-9-5-16(6-10-19)20-11-13-21(14-12-20)17-4-3-7-18-15-17/h3-4,7,15-16H,2,5-6,8-14H2,1H3. The molecular weight excluding hydrogens is 260 g/mol. The molecule has 2 fully saturated rings. The fourth-order valence-electron chi connectivity index (χ4n) is 3.71. The first kappa shape index (κ1) is 14.8. The van der Waals surface area contributed by atoms with Crippen LogP contribution in [0, 0.1) is 0 Å². The molecule has 0 spiro atoms. The molecule has 4 heteroatoms. The van der Waals surface area contributed by atoms with Gasteiger partial charge in [-0.3, -0.25) is 9.88 Å². The van der Waals surface area contributed by atoms with Crippen LogP contribution in [0.25, 0.3) is 0 Å². The smallest absolute Gasteiger partial charge is 0.0553 e. The monoisotopic (exact) mass is 288 g/mol. The molecule has 0 aliphatic carbocycles. The van der Waals surface area contributed by atoms with Gasteiger partial charge in [-0.2, -0.15) is 0 Å². The molecule has 0 radical (unpaired) electrons. The SMILES string of the molecule is CCCN1CCC(N2CCN(c3cccnc3)CC2)CC1. The van der Waals surface area contributed by atoms with Crippen molar-refractivity contribution in [2.24, 2.45) is 0 Å². The van der Waals surface area contributed by atoms with Gasteiger partial charge in [0, 0.05) is 38.4 Å². The van der Waals surface area contributed by atoms with Crippen molar-refractivity contribution in [3.63, 3.8) is 0 Å². The molecular formula is C17H28N4. The van der Waals surface area contributed by atoms with Crippen molar-refractivity contribution in [1.82, 2.24) is 14.8 Å². The summed E-state index contributed by atoms with van der Waals surface area (Å²) < 4.78 is 0. The Morgan fingerprint density at radius 2 is 1.86 bits per heavy atom. The molecule has 2 saturated heterocycles. The number of nitrogens with zero attached hydrogens (tertiary/aromatic N) is 4. The molecule has 1 aromatic rings. The average molecular weight is 288 g/mol. The second-order valence-corrected chi connectivity index (χ2v) is 6.31. The molecule has 0 N–H and O–H groups in total. The van der Waals surface area contributed by atoms with E-state index in [-0.39, 0.29) is 0 Å². The van der Waals surface area contributed by atoms with Gasteiger partial charge in [-0.15, -0.1) is 0 Å². The number of likely N-dealkylation sites (tertiary alicyclic amines) is 1. The highest BCUT2D eigenvalue weighted by molar-refractivity contribution is 5.44. The Labute approximate surface area is 128 Å². The van der Waals surface area contributed by atoms with Crippen LogP contribution in [0.1, 0.15) is 26.2 Å². The van der Waals surface area contributed by atoms with Crippen molar-refractivity contribution in [1.29, 1.82) is 0 Å². The highest BCUT2D eigenvalue weighted by Crippen LogP contribution is 2.20. The summed E-state index contributed by atoms with van der Waals surface area (Å²) in [6.07, 6.45) is 7.83. The van der Waals surface area contributed by atoms with Gasteiger partial charge in [-0.1, -0.05) is 6.92 Å². The van der Waals surface area contributed by atoms with Crippen LogP contribution in [-0.4, -0.2) is 66.6 Å². The number of pyridine rings is 1. The zero-order chi connectivity index (χ0) is 14.5. The van der Waals surface area contributed by atoms with Crippen molar-refractivity contribution in [2.75, 3.05) is 50.7 Å². The van der Waals surface area contributed by atoms with E-state index in [0.29, 0.717) is 0 Å². The Kier molecular flexibility index (Phi) is 5.09. The highest BCUT2D eigenvalue weighted by Gasteiger charge is 2.27. The molecule has 0 saturated carbocycles. The Hall–Kier alpha value is -1.13. The van der Waals surface area contributed by atoms with Crippen molar-refractivity contribution >= 4 is 5.69 Å². The number of anilines is 1. The number of aromatic nitrogens is 1. The predicted molar refractivity (Wildman–Crippen MR) is 87.8 cm³/mol. The normalized spacial score (nSPS) is 22.6. The molecule has 21 heavy (non-hydrogen) atoms. The van der Waals surface area contributed by atoms with Crippen LogP contribution in [0.15, 0.2) is 24.5 Å². The van der Waals surface area contributed by atoms with Crippen LogP contribution in [-0.2, 0) is 0 Å². The summed E-state index contributed by atoms with van der Waals surface area (Å²) in [5, 5.41) is 0. The largest absolute Gasteiger partial charge is 0.368 e. The summed E-state index contributed by atoms with van der Waals surface area (Å²) in [7, 11) is 0. The fourth-order valence-corrected chi connectivity index (χ4v) is 3.71. The van der Waals surface area contributed by atoms with Gasteiger partial charge in [0.15, 0.2) is 0 Å². The maximum absolute atomic E-state index is 4.23. The first-order valence-electron chi connectivity index (χ1n) is 8.48. The molecule has 4 nitrogen and oxygen atoms in total. The molecule has 0 amide bonds. The van der Waals surface area contributed by atoms with E-state index in [4.69, 9.17) is 0 Å². The third kappa shape index (κ3) is 3.74. The number of hydrogen-bond donors (Lipinski definition) is 0. The molecule has 2 aliphatic rings. The maximum atomic E-state index is 4.23. The molecule has 0 aromatic carbocycles. The summed E-state index contributed by atoms with van der Waals surface area (Å²) in [6, 6.07) is 5.02. The minimum absolute atomic E-state index is 0.814. The van der Waals surface area contributed by atoms with Crippen LogP contribution < -0.4 is 4.90 Å². The Balaban J connectivity index is 1.46. The summed E-state index contributed by atoms with van der Waals surface area (Å²) >= 11 is 0. The zero-order valence-corrected chi connectivity index (χ0v) is 13.2. The lowest BCUT2D eigenvalue weighted by Gasteiger charge is -2.43. The van der Waals surface area contributed by atoms with E-state index in [1.54, 1.807) is 0 Å². The van der Waals surface area contributed by atoms with Gasteiger partial charge in [-0.25, -0.2) is 0 Å². The molecule has 2 aliphatic heterocycles. The molecule has 3 heterocycles. The molecule has 0 unspecified atom stereocenters. The van der Waals surface area contributed by atoms with E-state index in [1.807, 2.05) is 18.5 Å². The lowest BCUT2D eigenvalue weighted by atomic mass is 10.0. The summed E-state index contributed by atoms with van der Waals surface area (Å²) in [6.45, 7) is 10.8. The van der Waals surface area contributed by atoms with Gasteiger partial charge in [-0.05, 0) is 51.0 Å². The van der Waals surface area contributed by atoms with Crippen molar-refractivity contribution in [3.05, 3.63) is 24.5 Å². The Morgan fingerprint density at radius 1 is 1.10 bits per heavy atom. The third-order valence-electron chi connectivity index (χ3n) is 4.94. The van der Waals surface area contributed by atoms with Crippen molar-refractivity contribution in [3.8, 4) is 0 Å². The van der Waals surface area contributed by atoms with E-state index in [1.165, 1.54) is 57.7 Å². The summed E-state index contributed by atoms with van der Waals surface area (Å²) in [5.41, 5.74) is 1.27. The summed E-state index contributed by atoms with van der Waals surface area (Å²) in [5.74, 6) is 0. The van der Waals surface area contributed by atoms with Crippen LogP contribution >= 0.6 is 0 Å². The van der Waals surface area contributed by atoms with Gasteiger partial charge in [0.25, 0.3) is 0 Å². The van der Waals surface area contributed by atoms with Crippen molar-refractivity contribution < 1.29 is 0 Å². The number of hydrogen-bond acceptors (Lipinski definition) is 4. The van der Waals surface area contributed by atoms with Gasteiger partial charge >= 0.3 is 0 Å². The number of piperazine rings is 1.